The highest BCUT2D eigenvalue weighted by atomic mass is 32.1. The summed E-state index contributed by atoms with van der Waals surface area (Å²) in [6, 6.07) is 2.55. The molecule has 2 N–H and O–H groups in total. The standard InChI is InChI=1S/C21H38N4O2S/c1-4-22-21(23-10-7-11-26-15-18-8-12-27-16-18)24-14-20(25(5-2)6-3)19-9-13-28-17-19/h9,13,17-18,20H,4-8,10-12,14-16H2,1-3H3,(H2,22,23,24). The van der Waals surface area contributed by atoms with E-state index in [4.69, 9.17) is 14.5 Å². The van der Waals surface area contributed by atoms with Gasteiger partial charge in [-0.25, -0.2) is 0 Å². The lowest BCUT2D eigenvalue weighted by Gasteiger charge is -2.28. The molecule has 0 bridgehead atoms. The fourth-order valence-corrected chi connectivity index (χ4v) is 4.13. The lowest BCUT2D eigenvalue weighted by Crippen LogP contribution is -2.39. The third-order valence-corrected chi connectivity index (χ3v) is 5.78. The summed E-state index contributed by atoms with van der Waals surface area (Å²) in [7, 11) is 0. The fourth-order valence-electron chi connectivity index (χ4n) is 3.43. The van der Waals surface area contributed by atoms with E-state index in [1.165, 1.54) is 5.56 Å². The van der Waals surface area contributed by atoms with E-state index in [2.05, 4.69) is 53.1 Å². The van der Waals surface area contributed by atoms with Crippen LogP contribution in [0.2, 0.25) is 0 Å². The van der Waals surface area contributed by atoms with Crippen LogP contribution in [0.25, 0.3) is 0 Å². The van der Waals surface area contributed by atoms with E-state index < -0.39 is 0 Å². The van der Waals surface area contributed by atoms with Gasteiger partial charge < -0.3 is 20.1 Å². The highest BCUT2D eigenvalue weighted by Gasteiger charge is 2.18. The summed E-state index contributed by atoms with van der Waals surface area (Å²) in [5, 5.41) is 11.2. The van der Waals surface area contributed by atoms with Crippen LogP contribution in [-0.4, -0.2) is 70.0 Å². The molecule has 0 radical (unpaired) electrons. The minimum atomic E-state index is 0.327. The molecule has 1 aliphatic rings. The number of nitrogens with zero attached hydrogens (tertiary/aromatic N) is 2. The van der Waals surface area contributed by atoms with E-state index in [9.17, 15) is 0 Å². The molecule has 6 nitrogen and oxygen atoms in total. The Labute approximate surface area is 174 Å². The lowest BCUT2D eigenvalue weighted by molar-refractivity contribution is 0.0888. The van der Waals surface area contributed by atoms with E-state index in [0.717, 1.165) is 78.0 Å². The molecule has 2 heterocycles. The maximum Gasteiger partial charge on any atom is 0.191 e. The molecule has 0 aliphatic carbocycles. The topological polar surface area (TPSA) is 58.1 Å². The molecular formula is C21H38N4O2S. The molecule has 1 fully saturated rings. The van der Waals surface area contributed by atoms with Crippen molar-refractivity contribution in [2.75, 3.05) is 59.2 Å². The number of likely N-dealkylation sites (N-methyl/N-ethyl adjacent to an activating group) is 1. The number of guanidine groups is 1. The van der Waals surface area contributed by atoms with Crippen LogP contribution in [0.4, 0.5) is 0 Å². The number of ether oxygens (including phenoxy) is 2. The number of rotatable bonds is 13. The second kappa shape index (κ2) is 13.9. The van der Waals surface area contributed by atoms with Crippen LogP contribution in [0, 0.1) is 5.92 Å². The Morgan fingerprint density at radius 2 is 2.21 bits per heavy atom. The van der Waals surface area contributed by atoms with Crippen LogP contribution in [-0.2, 0) is 9.47 Å². The average molecular weight is 411 g/mol. The van der Waals surface area contributed by atoms with Crippen molar-refractivity contribution in [2.24, 2.45) is 10.9 Å². The van der Waals surface area contributed by atoms with Gasteiger partial charge in [-0.15, -0.1) is 0 Å². The highest BCUT2D eigenvalue weighted by molar-refractivity contribution is 7.07. The maximum atomic E-state index is 5.78. The minimum Gasteiger partial charge on any atom is -0.381 e. The van der Waals surface area contributed by atoms with Crippen molar-refractivity contribution < 1.29 is 9.47 Å². The molecule has 1 aromatic rings. The molecule has 1 aromatic heterocycles. The molecule has 2 rings (SSSR count). The van der Waals surface area contributed by atoms with Crippen LogP contribution in [0.15, 0.2) is 21.8 Å². The molecule has 1 aliphatic heterocycles. The van der Waals surface area contributed by atoms with Crippen LogP contribution in [0.1, 0.15) is 45.2 Å². The summed E-state index contributed by atoms with van der Waals surface area (Å²) in [6.45, 7) is 14.4. The monoisotopic (exact) mass is 410 g/mol. The molecule has 28 heavy (non-hydrogen) atoms. The van der Waals surface area contributed by atoms with Crippen molar-refractivity contribution in [3.05, 3.63) is 22.4 Å². The van der Waals surface area contributed by atoms with Crippen LogP contribution >= 0.6 is 11.3 Å². The van der Waals surface area contributed by atoms with Gasteiger partial charge >= 0.3 is 0 Å². The number of thiophene rings is 1. The van der Waals surface area contributed by atoms with Gasteiger partial charge in [0.2, 0.25) is 0 Å². The molecule has 2 unspecified atom stereocenters. The number of nitrogens with one attached hydrogen (secondary N) is 2. The Balaban J connectivity index is 1.77. The Bertz CT molecular complexity index is 529. The van der Waals surface area contributed by atoms with Gasteiger partial charge in [0.05, 0.1) is 25.8 Å². The van der Waals surface area contributed by atoms with E-state index in [1.54, 1.807) is 11.3 Å². The van der Waals surface area contributed by atoms with E-state index in [-0.39, 0.29) is 0 Å². The molecule has 7 heteroatoms. The first-order valence-corrected chi connectivity index (χ1v) is 11.7. The molecule has 0 spiro atoms. The zero-order valence-electron chi connectivity index (χ0n) is 17.8. The van der Waals surface area contributed by atoms with Gasteiger partial charge in [0.25, 0.3) is 0 Å². The second-order valence-corrected chi connectivity index (χ2v) is 7.88. The smallest absolute Gasteiger partial charge is 0.191 e. The van der Waals surface area contributed by atoms with Crippen molar-refractivity contribution in [1.29, 1.82) is 0 Å². The van der Waals surface area contributed by atoms with Crippen molar-refractivity contribution in [3.8, 4) is 0 Å². The summed E-state index contributed by atoms with van der Waals surface area (Å²) in [4.78, 5) is 7.34. The van der Waals surface area contributed by atoms with Crippen LogP contribution in [0.3, 0.4) is 0 Å². The van der Waals surface area contributed by atoms with Gasteiger partial charge in [-0.2, -0.15) is 11.3 Å². The Morgan fingerprint density at radius 3 is 2.86 bits per heavy atom. The quantitative estimate of drug-likeness (QED) is 0.297. The van der Waals surface area contributed by atoms with Crippen molar-refractivity contribution in [3.63, 3.8) is 0 Å². The van der Waals surface area contributed by atoms with Gasteiger partial charge in [0.1, 0.15) is 0 Å². The summed E-state index contributed by atoms with van der Waals surface area (Å²) >= 11 is 1.75. The van der Waals surface area contributed by atoms with Gasteiger partial charge in [0, 0.05) is 32.2 Å². The molecule has 0 aromatic carbocycles. The summed E-state index contributed by atoms with van der Waals surface area (Å²) in [5.41, 5.74) is 1.36. The van der Waals surface area contributed by atoms with Gasteiger partial charge in [0.15, 0.2) is 5.96 Å². The summed E-state index contributed by atoms with van der Waals surface area (Å²) in [6.07, 6.45) is 2.11. The molecule has 0 saturated carbocycles. The number of aliphatic imine (C=N–C) groups is 1. The maximum absolute atomic E-state index is 5.78. The SMILES string of the molecule is CCNC(=NCC(c1ccsc1)N(CC)CC)NCCCOCC1CCOC1. The highest BCUT2D eigenvalue weighted by Crippen LogP contribution is 2.23. The first kappa shape index (κ1) is 23.1. The first-order chi connectivity index (χ1) is 13.8. The first-order valence-electron chi connectivity index (χ1n) is 10.7. The van der Waals surface area contributed by atoms with Crippen LogP contribution in [0.5, 0.6) is 0 Å². The summed E-state index contributed by atoms with van der Waals surface area (Å²) in [5.74, 6) is 1.47. The Kier molecular flexibility index (Phi) is 11.5. The molecule has 0 amide bonds. The zero-order chi connectivity index (χ0) is 20.0. The van der Waals surface area contributed by atoms with Crippen LogP contribution < -0.4 is 10.6 Å². The van der Waals surface area contributed by atoms with E-state index >= 15 is 0 Å². The Hall–Kier alpha value is -1.15. The van der Waals surface area contributed by atoms with Crippen molar-refractivity contribution >= 4 is 17.3 Å². The second-order valence-electron chi connectivity index (χ2n) is 7.10. The zero-order valence-corrected chi connectivity index (χ0v) is 18.6. The minimum absolute atomic E-state index is 0.327. The number of hydrogen-bond donors (Lipinski definition) is 2. The van der Waals surface area contributed by atoms with E-state index in [0.29, 0.717) is 12.0 Å². The predicted molar refractivity (Wildman–Crippen MR) is 118 cm³/mol. The van der Waals surface area contributed by atoms with E-state index in [1.807, 2.05) is 0 Å². The van der Waals surface area contributed by atoms with Crippen molar-refractivity contribution in [1.82, 2.24) is 15.5 Å². The lowest BCUT2D eigenvalue weighted by atomic mass is 10.1. The van der Waals surface area contributed by atoms with Gasteiger partial charge in [-0.3, -0.25) is 9.89 Å². The largest absolute Gasteiger partial charge is 0.381 e. The van der Waals surface area contributed by atoms with Gasteiger partial charge in [-0.1, -0.05) is 13.8 Å². The van der Waals surface area contributed by atoms with Gasteiger partial charge in [-0.05, 0) is 55.2 Å². The Morgan fingerprint density at radius 1 is 1.36 bits per heavy atom. The predicted octanol–water partition coefficient (Wildman–Crippen LogP) is 3.13. The summed E-state index contributed by atoms with van der Waals surface area (Å²) < 4.78 is 11.2. The molecular weight excluding hydrogens is 372 g/mol. The molecule has 160 valence electrons. The third kappa shape index (κ3) is 8.07. The molecule has 1 saturated heterocycles. The normalized spacial score (nSPS) is 18.6. The number of hydrogen-bond acceptors (Lipinski definition) is 5. The fraction of sp³-hybridized carbons (Fsp3) is 0.762. The third-order valence-electron chi connectivity index (χ3n) is 5.08. The molecule has 2 atom stereocenters. The average Bonchev–Trinajstić information content (AvgIpc) is 3.41. The van der Waals surface area contributed by atoms with Crippen molar-refractivity contribution in [2.45, 2.75) is 39.7 Å².